The van der Waals surface area contributed by atoms with Crippen LogP contribution < -0.4 is 0 Å². The zero-order chi connectivity index (χ0) is 33.1. The number of para-hydroxylation sites is 1. The second kappa shape index (κ2) is 10.1. The summed E-state index contributed by atoms with van der Waals surface area (Å²) >= 11 is 1.84. The van der Waals surface area contributed by atoms with E-state index in [4.69, 9.17) is 9.97 Å². The molecule has 2 aromatic heterocycles. The van der Waals surface area contributed by atoms with Gasteiger partial charge >= 0.3 is 0 Å². The lowest BCUT2D eigenvalue weighted by Gasteiger charge is -2.21. The lowest BCUT2D eigenvalue weighted by atomic mass is 9.82. The Hall–Kier alpha value is -5.90. The van der Waals surface area contributed by atoms with Gasteiger partial charge in [0.25, 0.3) is 0 Å². The van der Waals surface area contributed by atoms with E-state index in [1.54, 1.807) is 0 Å². The molecule has 50 heavy (non-hydrogen) atoms. The normalized spacial score (nSPS) is 13.6. The van der Waals surface area contributed by atoms with E-state index < -0.39 is 0 Å². The Morgan fingerprint density at radius 3 is 2.16 bits per heavy atom. The number of fused-ring (bicyclic) bond motifs is 13. The van der Waals surface area contributed by atoms with Crippen molar-refractivity contribution in [1.82, 2.24) is 9.97 Å². The molecule has 0 bridgehead atoms. The molecule has 0 unspecified atom stereocenters. The van der Waals surface area contributed by atoms with Crippen molar-refractivity contribution in [3.05, 3.63) is 157 Å². The van der Waals surface area contributed by atoms with Crippen LogP contribution in [-0.2, 0) is 5.41 Å². The maximum absolute atomic E-state index is 5.35. The minimum Gasteiger partial charge on any atom is -0.228 e. The first-order valence-corrected chi connectivity index (χ1v) is 18.1. The van der Waals surface area contributed by atoms with Gasteiger partial charge in [-0.05, 0) is 72.8 Å². The molecule has 0 atom stereocenters. The van der Waals surface area contributed by atoms with Crippen LogP contribution in [-0.4, -0.2) is 9.97 Å². The highest BCUT2D eigenvalue weighted by Gasteiger charge is 2.36. The van der Waals surface area contributed by atoms with Crippen LogP contribution >= 0.6 is 11.3 Å². The summed E-state index contributed by atoms with van der Waals surface area (Å²) < 4.78 is 2.55. The van der Waals surface area contributed by atoms with Gasteiger partial charge in [-0.1, -0.05) is 141 Å². The van der Waals surface area contributed by atoms with Crippen molar-refractivity contribution in [1.29, 1.82) is 0 Å². The fraction of sp³-hybridized carbons (Fsp3) is 0.0638. The molecule has 0 amide bonds. The van der Waals surface area contributed by atoms with E-state index in [1.807, 2.05) is 11.3 Å². The van der Waals surface area contributed by atoms with Crippen LogP contribution in [0.1, 0.15) is 25.0 Å². The summed E-state index contributed by atoms with van der Waals surface area (Å²) in [5, 5.41) is 11.2. The van der Waals surface area contributed by atoms with Crippen LogP contribution in [0.15, 0.2) is 146 Å². The van der Waals surface area contributed by atoms with Crippen molar-refractivity contribution in [2.24, 2.45) is 0 Å². The van der Waals surface area contributed by atoms with E-state index in [2.05, 4.69) is 159 Å². The number of benzene rings is 8. The molecule has 10 aromatic rings. The molecule has 234 valence electrons. The number of aromatic nitrogens is 2. The molecular formula is C47H30N2S. The number of thiophene rings is 1. The van der Waals surface area contributed by atoms with E-state index in [-0.39, 0.29) is 5.41 Å². The van der Waals surface area contributed by atoms with Crippen molar-refractivity contribution in [3.8, 4) is 33.8 Å². The van der Waals surface area contributed by atoms with Gasteiger partial charge in [0.2, 0.25) is 0 Å². The standard InChI is InChI=1S/C47H30N2S/c1-47(2)38-15-6-3-11-35(38)43-33-23-20-27-18-19-28-26-29(21-22-30(28)42(27)32(33)24-25-39(43)47)46-48-40-16-7-4-12-36(40)44(49-46)37-14-9-13-34-31-10-5-8-17-41(31)50-45(34)37/h3-26H,1-2H3. The zero-order valence-electron chi connectivity index (χ0n) is 27.7. The molecule has 0 saturated heterocycles. The van der Waals surface area contributed by atoms with Crippen LogP contribution in [0.2, 0.25) is 0 Å². The molecule has 0 aliphatic heterocycles. The van der Waals surface area contributed by atoms with Crippen LogP contribution in [0.4, 0.5) is 0 Å². The van der Waals surface area contributed by atoms with Gasteiger partial charge in [0, 0.05) is 42.1 Å². The number of hydrogen-bond donors (Lipinski definition) is 0. The van der Waals surface area contributed by atoms with Gasteiger partial charge in [-0.15, -0.1) is 11.3 Å². The summed E-state index contributed by atoms with van der Waals surface area (Å²) in [5.74, 6) is 0.744. The Balaban J connectivity index is 1.12. The van der Waals surface area contributed by atoms with E-state index in [1.165, 1.54) is 74.7 Å². The number of hydrogen-bond acceptors (Lipinski definition) is 3. The molecule has 1 aliphatic rings. The van der Waals surface area contributed by atoms with E-state index in [9.17, 15) is 0 Å². The minimum absolute atomic E-state index is 0.0239. The molecule has 11 rings (SSSR count). The molecule has 2 nitrogen and oxygen atoms in total. The molecule has 0 spiro atoms. The minimum atomic E-state index is -0.0239. The molecule has 3 heteroatoms. The molecule has 2 heterocycles. The van der Waals surface area contributed by atoms with Crippen LogP contribution in [0, 0.1) is 0 Å². The molecule has 0 N–H and O–H groups in total. The van der Waals surface area contributed by atoms with Crippen LogP contribution in [0.3, 0.4) is 0 Å². The quantitative estimate of drug-likeness (QED) is 0.173. The lowest BCUT2D eigenvalue weighted by Crippen LogP contribution is -2.14. The lowest BCUT2D eigenvalue weighted by molar-refractivity contribution is 0.661. The fourth-order valence-corrected chi connectivity index (χ4v) is 9.87. The summed E-state index contributed by atoms with van der Waals surface area (Å²) in [4.78, 5) is 10.5. The Kier molecular flexibility index (Phi) is 5.64. The van der Waals surface area contributed by atoms with Gasteiger partial charge in [0.05, 0.1) is 11.2 Å². The van der Waals surface area contributed by atoms with Gasteiger partial charge in [0.1, 0.15) is 0 Å². The van der Waals surface area contributed by atoms with Gasteiger partial charge in [-0.25, -0.2) is 9.97 Å². The molecule has 8 aromatic carbocycles. The molecule has 0 radical (unpaired) electrons. The highest BCUT2D eigenvalue weighted by Crippen LogP contribution is 2.52. The second-order valence-electron chi connectivity index (χ2n) is 14.1. The maximum Gasteiger partial charge on any atom is 0.160 e. The summed E-state index contributed by atoms with van der Waals surface area (Å²) in [5.41, 5.74) is 9.62. The van der Waals surface area contributed by atoms with Crippen LogP contribution in [0.25, 0.3) is 97.2 Å². The van der Waals surface area contributed by atoms with Gasteiger partial charge in [0.15, 0.2) is 5.82 Å². The number of nitrogens with zero attached hydrogens (tertiary/aromatic N) is 2. The first-order valence-electron chi connectivity index (χ1n) is 17.2. The Morgan fingerprint density at radius 2 is 1.22 bits per heavy atom. The third-order valence-electron chi connectivity index (χ3n) is 11.1. The zero-order valence-corrected chi connectivity index (χ0v) is 28.5. The topological polar surface area (TPSA) is 25.8 Å². The molecule has 0 saturated carbocycles. The molecular weight excluding hydrogens is 625 g/mol. The van der Waals surface area contributed by atoms with E-state index in [0.717, 1.165) is 33.5 Å². The third kappa shape index (κ3) is 3.78. The predicted molar refractivity (Wildman–Crippen MR) is 213 cm³/mol. The third-order valence-corrected chi connectivity index (χ3v) is 12.3. The molecule has 0 fully saturated rings. The first-order chi connectivity index (χ1) is 24.5. The Morgan fingerprint density at radius 1 is 0.500 bits per heavy atom. The van der Waals surface area contributed by atoms with Crippen molar-refractivity contribution in [3.63, 3.8) is 0 Å². The van der Waals surface area contributed by atoms with Gasteiger partial charge in [-0.3, -0.25) is 0 Å². The first kappa shape index (κ1) is 28.0. The highest BCUT2D eigenvalue weighted by molar-refractivity contribution is 7.26. The summed E-state index contributed by atoms with van der Waals surface area (Å²) in [7, 11) is 0. The summed E-state index contributed by atoms with van der Waals surface area (Å²) in [6.45, 7) is 4.70. The Labute approximate surface area is 293 Å². The van der Waals surface area contributed by atoms with E-state index in [0.29, 0.717) is 0 Å². The smallest absolute Gasteiger partial charge is 0.160 e. The highest BCUT2D eigenvalue weighted by atomic mass is 32.1. The largest absolute Gasteiger partial charge is 0.228 e. The number of rotatable bonds is 2. The van der Waals surface area contributed by atoms with Crippen LogP contribution in [0.5, 0.6) is 0 Å². The van der Waals surface area contributed by atoms with E-state index >= 15 is 0 Å². The van der Waals surface area contributed by atoms with Crippen molar-refractivity contribution in [2.45, 2.75) is 19.3 Å². The average molecular weight is 655 g/mol. The Bertz CT molecular complexity index is 3080. The second-order valence-corrected chi connectivity index (χ2v) is 15.2. The maximum atomic E-state index is 5.35. The van der Waals surface area contributed by atoms with Crippen molar-refractivity contribution >= 4 is 74.7 Å². The monoisotopic (exact) mass is 654 g/mol. The molecule has 1 aliphatic carbocycles. The van der Waals surface area contributed by atoms with Gasteiger partial charge in [-0.2, -0.15) is 0 Å². The van der Waals surface area contributed by atoms with Crippen molar-refractivity contribution < 1.29 is 0 Å². The predicted octanol–water partition coefficient (Wildman–Crippen LogP) is 13.1. The average Bonchev–Trinajstić information content (AvgIpc) is 3.66. The SMILES string of the molecule is CC1(C)c2ccccc2-c2c1ccc1c2ccc2ccc3cc(-c4nc(-c5cccc6c5sc5ccccc56)c5ccccc5n4)ccc3c21. The van der Waals surface area contributed by atoms with Crippen molar-refractivity contribution in [2.75, 3.05) is 0 Å². The summed E-state index contributed by atoms with van der Waals surface area (Å²) in [6, 6.07) is 53.2. The fourth-order valence-electron chi connectivity index (χ4n) is 8.66. The van der Waals surface area contributed by atoms with Gasteiger partial charge < -0.3 is 0 Å². The summed E-state index contributed by atoms with van der Waals surface area (Å²) in [6.07, 6.45) is 0.